The van der Waals surface area contributed by atoms with Crippen LogP contribution in [0, 0.1) is 19.8 Å². The van der Waals surface area contributed by atoms with E-state index in [9.17, 15) is 4.79 Å². The molecule has 2 heteroatoms. The van der Waals surface area contributed by atoms with Crippen molar-refractivity contribution in [1.29, 1.82) is 0 Å². The fourth-order valence-electron chi connectivity index (χ4n) is 2.81. The lowest BCUT2D eigenvalue weighted by molar-refractivity contribution is -0.121. The van der Waals surface area contributed by atoms with E-state index >= 15 is 0 Å². The zero-order valence-corrected chi connectivity index (χ0v) is 13.7. The summed E-state index contributed by atoms with van der Waals surface area (Å²) in [6, 6.07) is 4.13. The van der Waals surface area contributed by atoms with Crippen LogP contribution in [0.1, 0.15) is 63.1 Å². The van der Waals surface area contributed by atoms with Gasteiger partial charge < -0.3 is 4.74 Å². The molecular formula is C18H28O2. The molecule has 1 rings (SSSR count). The first kappa shape index (κ1) is 16.7. The van der Waals surface area contributed by atoms with Crippen LogP contribution >= 0.6 is 0 Å². The van der Waals surface area contributed by atoms with Gasteiger partial charge in [0, 0.05) is 12.3 Å². The van der Waals surface area contributed by atoms with Crippen molar-refractivity contribution in [2.75, 3.05) is 6.61 Å². The summed E-state index contributed by atoms with van der Waals surface area (Å²) in [6.45, 7) is 13.2. The highest BCUT2D eigenvalue weighted by molar-refractivity contribution is 5.86. The molecule has 0 aliphatic carbocycles. The largest absolute Gasteiger partial charge is 0.494 e. The molecule has 0 radical (unpaired) electrons. The average Bonchev–Trinajstić information content (AvgIpc) is 2.39. The molecule has 0 saturated heterocycles. The van der Waals surface area contributed by atoms with Crippen LogP contribution in [-0.4, -0.2) is 12.4 Å². The molecule has 1 aromatic carbocycles. The van der Waals surface area contributed by atoms with Gasteiger partial charge in [-0.15, -0.1) is 0 Å². The predicted octanol–water partition coefficient (Wildman–Crippen LogP) is 4.81. The molecule has 0 fully saturated rings. The van der Waals surface area contributed by atoms with E-state index in [1.165, 1.54) is 5.56 Å². The Hall–Kier alpha value is -1.31. The van der Waals surface area contributed by atoms with E-state index in [0.717, 1.165) is 29.9 Å². The van der Waals surface area contributed by atoms with Gasteiger partial charge in [0.05, 0.1) is 6.61 Å². The SMILES string of the molecule is CCCOc1cc(C)c(C(C(=O)CC)C(C)C)c(C)c1. The lowest BCUT2D eigenvalue weighted by atomic mass is 9.80. The summed E-state index contributed by atoms with van der Waals surface area (Å²) in [4.78, 5) is 12.3. The lowest BCUT2D eigenvalue weighted by Crippen LogP contribution is -2.19. The minimum Gasteiger partial charge on any atom is -0.494 e. The Labute approximate surface area is 123 Å². The van der Waals surface area contributed by atoms with Crippen LogP contribution in [0.15, 0.2) is 12.1 Å². The molecule has 0 aliphatic rings. The fraction of sp³-hybridized carbons (Fsp3) is 0.611. The van der Waals surface area contributed by atoms with Gasteiger partial charge in [-0.2, -0.15) is 0 Å². The first-order chi connectivity index (χ1) is 9.42. The van der Waals surface area contributed by atoms with E-state index in [2.05, 4.69) is 46.8 Å². The highest BCUT2D eigenvalue weighted by Crippen LogP contribution is 2.34. The average molecular weight is 276 g/mol. The van der Waals surface area contributed by atoms with Crippen LogP contribution in [0.2, 0.25) is 0 Å². The number of benzene rings is 1. The maximum atomic E-state index is 12.3. The Morgan fingerprint density at radius 3 is 2.10 bits per heavy atom. The molecule has 1 unspecified atom stereocenters. The minimum atomic E-state index is 0.000208. The molecule has 0 aromatic heterocycles. The topological polar surface area (TPSA) is 26.3 Å². The molecule has 0 saturated carbocycles. The smallest absolute Gasteiger partial charge is 0.140 e. The fourth-order valence-corrected chi connectivity index (χ4v) is 2.81. The van der Waals surface area contributed by atoms with Crippen LogP contribution in [0.25, 0.3) is 0 Å². The molecule has 20 heavy (non-hydrogen) atoms. The van der Waals surface area contributed by atoms with Gasteiger partial charge in [0.15, 0.2) is 0 Å². The Morgan fingerprint density at radius 2 is 1.70 bits per heavy atom. The monoisotopic (exact) mass is 276 g/mol. The molecule has 2 nitrogen and oxygen atoms in total. The Morgan fingerprint density at radius 1 is 1.15 bits per heavy atom. The quantitative estimate of drug-likeness (QED) is 0.714. The number of ether oxygens (including phenoxy) is 1. The molecule has 0 aliphatic heterocycles. The maximum Gasteiger partial charge on any atom is 0.140 e. The first-order valence-corrected chi connectivity index (χ1v) is 7.68. The van der Waals surface area contributed by atoms with Gasteiger partial charge in [-0.3, -0.25) is 4.79 Å². The van der Waals surface area contributed by atoms with E-state index in [1.807, 2.05) is 6.92 Å². The molecule has 0 heterocycles. The normalized spacial score (nSPS) is 12.6. The van der Waals surface area contributed by atoms with E-state index < -0.39 is 0 Å². The second-order valence-electron chi connectivity index (χ2n) is 5.86. The maximum absolute atomic E-state index is 12.3. The van der Waals surface area contributed by atoms with Gasteiger partial charge in [-0.25, -0.2) is 0 Å². The Bertz CT molecular complexity index is 437. The number of ketones is 1. The molecular weight excluding hydrogens is 248 g/mol. The van der Waals surface area contributed by atoms with Crippen LogP contribution in [0.5, 0.6) is 5.75 Å². The molecule has 0 amide bonds. The van der Waals surface area contributed by atoms with Crippen molar-refractivity contribution < 1.29 is 9.53 Å². The zero-order chi connectivity index (χ0) is 15.3. The number of carbonyl (C=O) groups excluding carboxylic acids is 1. The van der Waals surface area contributed by atoms with Crippen molar-refractivity contribution in [3.8, 4) is 5.75 Å². The third kappa shape index (κ3) is 3.84. The minimum absolute atomic E-state index is 0.000208. The van der Waals surface area contributed by atoms with Crippen molar-refractivity contribution in [3.05, 3.63) is 28.8 Å². The molecule has 0 N–H and O–H groups in total. The summed E-state index contributed by atoms with van der Waals surface area (Å²) in [5, 5.41) is 0. The third-order valence-corrected chi connectivity index (χ3v) is 3.71. The second-order valence-corrected chi connectivity index (χ2v) is 5.86. The van der Waals surface area contributed by atoms with Gasteiger partial charge in [-0.1, -0.05) is 27.7 Å². The zero-order valence-electron chi connectivity index (χ0n) is 13.7. The lowest BCUT2D eigenvalue weighted by Gasteiger charge is -2.24. The summed E-state index contributed by atoms with van der Waals surface area (Å²) in [5.74, 6) is 1.56. The standard InChI is InChI=1S/C18H28O2/c1-7-9-20-15-10-13(5)18(14(6)11-15)17(12(3)4)16(19)8-2/h10-12,17H,7-9H2,1-6H3. The molecule has 112 valence electrons. The van der Waals surface area contributed by atoms with Crippen LogP contribution in [-0.2, 0) is 4.79 Å². The number of hydrogen-bond acceptors (Lipinski definition) is 2. The van der Waals surface area contributed by atoms with Crippen LogP contribution in [0.4, 0.5) is 0 Å². The van der Waals surface area contributed by atoms with E-state index in [1.54, 1.807) is 0 Å². The molecule has 1 atom stereocenters. The third-order valence-electron chi connectivity index (χ3n) is 3.71. The highest BCUT2D eigenvalue weighted by atomic mass is 16.5. The summed E-state index contributed by atoms with van der Waals surface area (Å²) < 4.78 is 5.71. The number of rotatable bonds is 7. The van der Waals surface area contributed by atoms with Crippen LogP contribution < -0.4 is 4.74 Å². The van der Waals surface area contributed by atoms with Gasteiger partial charge in [0.25, 0.3) is 0 Å². The first-order valence-electron chi connectivity index (χ1n) is 7.68. The second kappa shape index (κ2) is 7.47. The highest BCUT2D eigenvalue weighted by Gasteiger charge is 2.26. The molecule has 1 aromatic rings. The van der Waals surface area contributed by atoms with Crippen molar-refractivity contribution in [2.45, 2.75) is 60.3 Å². The molecule has 0 bridgehead atoms. The van der Waals surface area contributed by atoms with Crippen molar-refractivity contribution in [1.82, 2.24) is 0 Å². The van der Waals surface area contributed by atoms with Crippen molar-refractivity contribution in [3.63, 3.8) is 0 Å². The van der Waals surface area contributed by atoms with Gasteiger partial charge >= 0.3 is 0 Å². The predicted molar refractivity (Wildman–Crippen MR) is 84.6 cm³/mol. The van der Waals surface area contributed by atoms with E-state index in [4.69, 9.17) is 4.74 Å². The van der Waals surface area contributed by atoms with E-state index in [0.29, 0.717) is 18.1 Å². The summed E-state index contributed by atoms with van der Waals surface area (Å²) in [7, 11) is 0. The van der Waals surface area contributed by atoms with Crippen LogP contribution in [0.3, 0.4) is 0 Å². The van der Waals surface area contributed by atoms with Gasteiger partial charge in [0.2, 0.25) is 0 Å². The van der Waals surface area contributed by atoms with E-state index in [-0.39, 0.29) is 5.92 Å². The Balaban J connectivity index is 3.20. The van der Waals surface area contributed by atoms with Crippen molar-refractivity contribution >= 4 is 5.78 Å². The van der Waals surface area contributed by atoms with Crippen molar-refractivity contribution in [2.24, 2.45) is 5.92 Å². The number of hydrogen-bond donors (Lipinski definition) is 0. The summed E-state index contributed by atoms with van der Waals surface area (Å²) in [5.41, 5.74) is 3.52. The summed E-state index contributed by atoms with van der Waals surface area (Å²) in [6.07, 6.45) is 1.60. The number of carbonyl (C=O) groups is 1. The number of Topliss-reactive ketones (excluding diaryl/α,β-unsaturated/α-hetero) is 1. The molecule has 0 spiro atoms. The summed E-state index contributed by atoms with van der Waals surface area (Å²) >= 11 is 0. The number of aryl methyl sites for hydroxylation is 2. The Kier molecular flexibility index (Phi) is 6.25. The van der Waals surface area contributed by atoms with Gasteiger partial charge in [-0.05, 0) is 55.0 Å². The van der Waals surface area contributed by atoms with Gasteiger partial charge in [0.1, 0.15) is 11.5 Å².